The number of hydrogen-bond donors (Lipinski definition) is 1. The minimum absolute atomic E-state index is 0.112. The number of amides is 1. The van der Waals surface area contributed by atoms with E-state index in [9.17, 15) is 9.59 Å². The molecule has 1 atom stereocenters. The molecule has 6 nitrogen and oxygen atoms in total. The lowest BCUT2D eigenvalue weighted by Crippen LogP contribution is -2.41. The van der Waals surface area contributed by atoms with Crippen molar-refractivity contribution in [3.8, 4) is 0 Å². The molecule has 1 N–H and O–H groups in total. The van der Waals surface area contributed by atoms with Crippen molar-refractivity contribution in [1.29, 1.82) is 0 Å². The van der Waals surface area contributed by atoms with E-state index in [-0.39, 0.29) is 17.7 Å². The van der Waals surface area contributed by atoms with Crippen LogP contribution in [-0.4, -0.2) is 39.7 Å². The van der Waals surface area contributed by atoms with Gasteiger partial charge in [0.1, 0.15) is 15.7 Å². The molecule has 1 aliphatic carbocycles. The Kier molecular flexibility index (Phi) is 6.37. The van der Waals surface area contributed by atoms with Gasteiger partial charge in [0.25, 0.3) is 5.91 Å². The second-order valence-electron chi connectivity index (χ2n) is 6.95. The van der Waals surface area contributed by atoms with Gasteiger partial charge in [-0.25, -0.2) is 9.97 Å². The van der Waals surface area contributed by atoms with Crippen molar-refractivity contribution in [2.24, 2.45) is 0 Å². The fourth-order valence-electron chi connectivity index (χ4n) is 3.22. The van der Waals surface area contributed by atoms with Gasteiger partial charge in [-0.05, 0) is 46.1 Å². The number of carbonyl (C=O) groups excluding carboxylic acids is 2. The number of ether oxygens (including phenoxy) is 1. The Hall–Kier alpha value is -1.67. The topological polar surface area (TPSA) is 81.2 Å². The molecule has 0 aromatic carbocycles. The lowest BCUT2D eigenvalue weighted by Gasteiger charge is -2.17. The van der Waals surface area contributed by atoms with E-state index in [0.29, 0.717) is 5.82 Å². The number of hydrogen-bond acceptors (Lipinski definition) is 7. The fourth-order valence-corrected chi connectivity index (χ4v) is 5.27. The highest BCUT2D eigenvalue weighted by molar-refractivity contribution is 8.00. The zero-order chi connectivity index (χ0) is 19.6. The van der Waals surface area contributed by atoms with Crippen molar-refractivity contribution in [2.75, 3.05) is 5.75 Å². The third kappa shape index (κ3) is 4.79. The van der Waals surface area contributed by atoms with Crippen LogP contribution in [0.3, 0.4) is 0 Å². The largest absolute Gasteiger partial charge is 0.452 e. The predicted molar refractivity (Wildman–Crippen MR) is 108 cm³/mol. The van der Waals surface area contributed by atoms with Gasteiger partial charge in [-0.15, -0.1) is 11.3 Å². The Labute approximate surface area is 167 Å². The number of aromatic nitrogens is 2. The molecule has 2 heterocycles. The molecule has 1 fully saturated rings. The van der Waals surface area contributed by atoms with E-state index in [0.717, 1.165) is 46.5 Å². The molecule has 3 rings (SSSR count). The van der Waals surface area contributed by atoms with Crippen LogP contribution in [0.2, 0.25) is 0 Å². The first-order valence-corrected chi connectivity index (χ1v) is 11.0. The fraction of sp³-hybridized carbons (Fsp3) is 0.579. The van der Waals surface area contributed by atoms with Crippen LogP contribution in [0.15, 0.2) is 5.03 Å². The number of fused-ring (bicyclic) bond motifs is 1. The van der Waals surface area contributed by atoms with Crippen LogP contribution >= 0.6 is 23.1 Å². The van der Waals surface area contributed by atoms with Gasteiger partial charge in [0.2, 0.25) is 0 Å². The van der Waals surface area contributed by atoms with Crippen LogP contribution in [-0.2, 0) is 14.3 Å². The summed E-state index contributed by atoms with van der Waals surface area (Å²) >= 11 is 2.97. The smallest absolute Gasteiger partial charge is 0.317 e. The van der Waals surface area contributed by atoms with E-state index in [1.165, 1.54) is 16.6 Å². The first-order valence-electron chi connectivity index (χ1n) is 9.22. The van der Waals surface area contributed by atoms with Gasteiger partial charge in [0, 0.05) is 16.3 Å². The van der Waals surface area contributed by atoms with E-state index in [4.69, 9.17) is 4.74 Å². The predicted octanol–water partition coefficient (Wildman–Crippen LogP) is 3.70. The third-order valence-electron chi connectivity index (χ3n) is 4.81. The minimum Gasteiger partial charge on any atom is -0.452 e. The van der Waals surface area contributed by atoms with Crippen LogP contribution in [0.1, 0.15) is 48.9 Å². The van der Waals surface area contributed by atoms with Crippen molar-refractivity contribution in [3.05, 3.63) is 16.3 Å². The van der Waals surface area contributed by atoms with E-state index < -0.39 is 12.1 Å². The van der Waals surface area contributed by atoms with Gasteiger partial charge < -0.3 is 10.1 Å². The van der Waals surface area contributed by atoms with Gasteiger partial charge in [-0.1, -0.05) is 24.6 Å². The summed E-state index contributed by atoms with van der Waals surface area (Å²) in [5.41, 5.74) is 1.15. The number of rotatable bonds is 6. The van der Waals surface area contributed by atoms with Gasteiger partial charge in [0.05, 0.1) is 5.75 Å². The summed E-state index contributed by atoms with van der Waals surface area (Å²) < 4.78 is 5.31. The SMILES string of the molecule is Cc1nc(SCC(=O)O[C@H](C)C(=O)NC2CCCC2)c2c(C)c(C)sc2n1. The molecule has 1 amide bonds. The number of aryl methyl sites for hydroxylation is 3. The molecule has 0 unspecified atom stereocenters. The number of nitrogens with zero attached hydrogens (tertiary/aromatic N) is 2. The highest BCUT2D eigenvalue weighted by Crippen LogP contribution is 2.35. The summed E-state index contributed by atoms with van der Waals surface area (Å²) in [5, 5.41) is 4.76. The molecule has 0 bridgehead atoms. The number of carbonyl (C=O) groups is 2. The lowest BCUT2D eigenvalue weighted by molar-refractivity contribution is -0.152. The molecule has 0 spiro atoms. The van der Waals surface area contributed by atoms with Crippen LogP contribution in [0.25, 0.3) is 10.2 Å². The molecule has 2 aromatic rings. The second kappa shape index (κ2) is 8.56. The maximum atomic E-state index is 12.2. The van der Waals surface area contributed by atoms with Crippen molar-refractivity contribution < 1.29 is 14.3 Å². The van der Waals surface area contributed by atoms with E-state index in [2.05, 4.69) is 22.2 Å². The Bertz CT molecular complexity index is 859. The molecule has 8 heteroatoms. The molecular weight excluding hydrogens is 382 g/mol. The molecule has 1 saturated carbocycles. The summed E-state index contributed by atoms with van der Waals surface area (Å²) in [6, 6.07) is 0.218. The van der Waals surface area contributed by atoms with Crippen molar-refractivity contribution in [3.63, 3.8) is 0 Å². The molecule has 146 valence electrons. The molecule has 0 radical (unpaired) electrons. The van der Waals surface area contributed by atoms with Gasteiger partial charge >= 0.3 is 5.97 Å². The number of thiophene rings is 1. The lowest BCUT2D eigenvalue weighted by atomic mass is 10.2. The van der Waals surface area contributed by atoms with E-state index in [1.54, 1.807) is 18.3 Å². The van der Waals surface area contributed by atoms with Gasteiger partial charge in [-0.2, -0.15) is 0 Å². The maximum Gasteiger partial charge on any atom is 0.317 e. The summed E-state index contributed by atoms with van der Waals surface area (Å²) in [7, 11) is 0. The number of nitrogens with one attached hydrogen (secondary N) is 1. The Balaban J connectivity index is 1.59. The summed E-state index contributed by atoms with van der Waals surface area (Å²) in [6.45, 7) is 7.57. The minimum atomic E-state index is -0.781. The van der Waals surface area contributed by atoms with Gasteiger partial charge in [-0.3, -0.25) is 9.59 Å². The standard InChI is InChI=1S/C19H25N3O3S2/c1-10-12(3)27-19-16(10)18(20-13(4)21-19)26-9-15(23)25-11(2)17(24)22-14-7-5-6-8-14/h11,14H,5-9H2,1-4H3,(H,22,24)/t11-/m1/s1. The van der Waals surface area contributed by atoms with Crippen molar-refractivity contribution in [2.45, 2.75) is 70.6 Å². The molecule has 0 saturated heterocycles. The average molecular weight is 408 g/mol. The van der Waals surface area contributed by atoms with Crippen molar-refractivity contribution in [1.82, 2.24) is 15.3 Å². The Morgan fingerprint density at radius 2 is 1.96 bits per heavy atom. The summed E-state index contributed by atoms with van der Waals surface area (Å²) in [6.07, 6.45) is 3.51. The molecular formula is C19H25N3O3S2. The van der Waals surface area contributed by atoms with E-state index >= 15 is 0 Å². The van der Waals surface area contributed by atoms with Gasteiger partial charge in [0.15, 0.2) is 6.10 Å². The summed E-state index contributed by atoms with van der Waals surface area (Å²) in [4.78, 5) is 35.5. The normalized spacial score (nSPS) is 15.9. The van der Waals surface area contributed by atoms with Crippen LogP contribution < -0.4 is 5.32 Å². The molecule has 0 aliphatic heterocycles. The zero-order valence-electron chi connectivity index (χ0n) is 16.1. The number of thioether (sulfide) groups is 1. The Morgan fingerprint density at radius 1 is 1.26 bits per heavy atom. The zero-order valence-corrected chi connectivity index (χ0v) is 17.8. The first kappa shape index (κ1) is 20.1. The average Bonchev–Trinajstić information content (AvgIpc) is 3.21. The third-order valence-corrected chi connectivity index (χ3v) is 6.86. The van der Waals surface area contributed by atoms with E-state index in [1.807, 2.05) is 13.8 Å². The van der Waals surface area contributed by atoms with Crippen molar-refractivity contribution >= 4 is 45.2 Å². The highest BCUT2D eigenvalue weighted by Gasteiger charge is 2.23. The van der Waals surface area contributed by atoms with Crippen LogP contribution in [0.5, 0.6) is 0 Å². The Morgan fingerprint density at radius 3 is 2.67 bits per heavy atom. The molecule has 1 aliphatic rings. The summed E-state index contributed by atoms with van der Waals surface area (Å²) in [5.74, 6) is 0.165. The first-order chi connectivity index (χ1) is 12.8. The second-order valence-corrected chi connectivity index (χ2v) is 9.12. The molecule has 2 aromatic heterocycles. The number of esters is 1. The van der Waals surface area contributed by atoms with Crippen LogP contribution in [0.4, 0.5) is 0 Å². The highest BCUT2D eigenvalue weighted by atomic mass is 32.2. The monoisotopic (exact) mass is 407 g/mol. The quantitative estimate of drug-likeness (QED) is 0.447. The molecule has 27 heavy (non-hydrogen) atoms. The maximum absolute atomic E-state index is 12.2. The van der Waals surface area contributed by atoms with Crippen LogP contribution in [0, 0.1) is 20.8 Å².